The van der Waals surface area contributed by atoms with Crippen LogP contribution in [0.1, 0.15) is 5.82 Å². The molecule has 0 aliphatic carbocycles. The third-order valence-electron chi connectivity index (χ3n) is 1.74. The normalized spacial score (nSPS) is 10.1. The van der Waals surface area contributed by atoms with Crippen molar-refractivity contribution in [2.45, 2.75) is 6.92 Å². The van der Waals surface area contributed by atoms with Gasteiger partial charge in [-0.05, 0) is 25.1 Å². The highest BCUT2D eigenvalue weighted by Crippen LogP contribution is 2.21. The number of hydrogen-bond acceptors (Lipinski definition) is 5. The molecule has 0 unspecified atom stereocenters. The lowest BCUT2D eigenvalue weighted by Gasteiger charge is -1.98. The maximum absolute atomic E-state index is 5.04. The van der Waals surface area contributed by atoms with Crippen molar-refractivity contribution in [1.29, 1.82) is 0 Å². The fourth-order valence-electron chi connectivity index (χ4n) is 1.12. The summed E-state index contributed by atoms with van der Waals surface area (Å²) in [5.41, 5.74) is 0.786. The zero-order valence-electron chi connectivity index (χ0n) is 7.60. The van der Waals surface area contributed by atoms with Crippen LogP contribution < -0.4 is 10.7 Å². The van der Waals surface area contributed by atoms with Crippen LogP contribution in [0, 0.1) is 6.92 Å². The summed E-state index contributed by atoms with van der Waals surface area (Å²) in [5, 5.41) is 3.69. The largest absolute Gasteiger partial charge is 0.412 e. The number of nitrogens with two attached hydrogens (primary N) is 1. The minimum Gasteiger partial charge on any atom is -0.412 e. The van der Waals surface area contributed by atoms with Crippen LogP contribution in [-0.4, -0.2) is 10.1 Å². The van der Waals surface area contributed by atoms with Crippen molar-refractivity contribution in [2.75, 3.05) is 0 Å². The molecule has 2 rings (SSSR count). The molecule has 0 saturated heterocycles. The Bertz CT molecular complexity index is 439. The lowest BCUT2D eigenvalue weighted by Crippen LogP contribution is -2.01. The number of benzene rings is 1. The van der Waals surface area contributed by atoms with Gasteiger partial charge in [0, 0.05) is 5.56 Å². The highest BCUT2D eigenvalue weighted by Gasteiger charge is 2.06. The van der Waals surface area contributed by atoms with Crippen molar-refractivity contribution in [3.05, 3.63) is 30.1 Å². The Balaban J connectivity index is 2.41. The maximum atomic E-state index is 5.04. The van der Waals surface area contributed by atoms with Crippen LogP contribution in [0.3, 0.4) is 0 Å². The van der Waals surface area contributed by atoms with Gasteiger partial charge >= 0.3 is 0 Å². The van der Waals surface area contributed by atoms with Crippen LogP contribution >= 0.6 is 0 Å². The smallest absolute Gasteiger partial charge is 0.258 e. The van der Waals surface area contributed by atoms with E-state index >= 15 is 0 Å². The molecular formula is C9H9N3O2. The summed E-state index contributed by atoms with van der Waals surface area (Å²) in [6, 6.07) is 7.12. The van der Waals surface area contributed by atoms with Crippen molar-refractivity contribution in [3.63, 3.8) is 0 Å². The van der Waals surface area contributed by atoms with E-state index < -0.39 is 0 Å². The number of aromatic nitrogens is 2. The fraction of sp³-hybridized carbons (Fsp3) is 0.111. The molecule has 5 heteroatoms. The van der Waals surface area contributed by atoms with Gasteiger partial charge in [0.1, 0.15) is 5.75 Å². The van der Waals surface area contributed by atoms with Crippen LogP contribution in [0.4, 0.5) is 0 Å². The molecule has 0 aliphatic rings. The Hall–Kier alpha value is -1.88. The van der Waals surface area contributed by atoms with Gasteiger partial charge in [0.05, 0.1) is 0 Å². The van der Waals surface area contributed by atoms with Crippen LogP contribution in [0.5, 0.6) is 5.75 Å². The topological polar surface area (TPSA) is 74.2 Å². The summed E-state index contributed by atoms with van der Waals surface area (Å²) in [5.74, 6) is 6.65. The van der Waals surface area contributed by atoms with Gasteiger partial charge in [-0.3, -0.25) is 0 Å². The average Bonchev–Trinajstić information content (AvgIpc) is 2.65. The van der Waals surface area contributed by atoms with E-state index in [1.54, 1.807) is 25.1 Å². The predicted molar refractivity (Wildman–Crippen MR) is 49.3 cm³/mol. The van der Waals surface area contributed by atoms with Crippen LogP contribution in [0.2, 0.25) is 0 Å². The van der Waals surface area contributed by atoms with E-state index in [1.165, 1.54) is 0 Å². The first-order valence-electron chi connectivity index (χ1n) is 4.07. The second-order valence-corrected chi connectivity index (χ2v) is 2.79. The van der Waals surface area contributed by atoms with Gasteiger partial charge < -0.3 is 9.36 Å². The summed E-state index contributed by atoms with van der Waals surface area (Å²) in [4.78, 5) is 8.68. The van der Waals surface area contributed by atoms with Crippen LogP contribution in [0.15, 0.2) is 28.8 Å². The molecule has 0 atom stereocenters. The number of hydrogen-bond donors (Lipinski definition) is 1. The fourth-order valence-corrected chi connectivity index (χ4v) is 1.12. The van der Waals surface area contributed by atoms with E-state index in [2.05, 4.69) is 15.0 Å². The summed E-state index contributed by atoms with van der Waals surface area (Å²) in [6.45, 7) is 1.76. The van der Waals surface area contributed by atoms with Gasteiger partial charge in [-0.25, -0.2) is 0 Å². The van der Waals surface area contributed by atoms with Crippen LogP contribution in [0.25, 0.3) is 11.5 Å². The molecule has 1 aromatic carbocycles. The molecule has 2 aromatic rings. The van der Waals surface area contributed by atoms with E-state index in [4.69, 9.17) is 10.4 Å². The van der Waals surface area contributed by atoms with Crippen molar-refractivity contribution in [3.8, 4) is 17.2 Å². The Kier molecular flexibility index (Phi) is 2.16. The second kappa shape index (κ2) is 3.47. The first-order chi connectivity index (χ1) is 6.79. The number of nitrogens with zero attached hydrogens (tertiary/aromatic N) is 2. The number of aryl methyl sites for hydroxylation is 1. The second-order valence-electron chi connectivity index (χ2n) is 2.79. The molecule has 0 saturated carbocycles. The SMILES string of the molecule is Cc1noc(-c2cccc(ON)c2)n1. The predicted octanol–water partition coefficient (Wildman–Crippen LogP) is 1.30. The van der Waals surface area contributed by atoms with Crippen molar-refractivity contribution >= 4 is 0 Å². The van der Waals surface area contributed by atoms with E-state index in [-0.39, 0.29) is 0 Å². The quantitative estimate of drug-likeness (QED) is 0.724. The highest BCUT2D eigenvalue weighted by molar-refractivity contribution is 5.55. The van der Waals surface area contributed by atoms with Crippen molar-refractivity contribution in [2.24, 2.45) is 5.90 Å². The van der Waals surface area contributed by atoms with Gasteiger partial charge in [0.25, 0.3) is 5.89 Å². The molecule has 0 spiro atoms. The molecule has 0 radical (unpaired) electrons. The van der Waals surface area contributed by atoms with Crippen molar-refractivity contribution in [1.82, 2.24) is 10.1 Å². The molecular weight excluding hydrogens is 182 g/mol. The zero-order valence-corrected chi connectivity index (χ0v) is 7.60. The molecule has 0 aliphatic heterocycles. The van der Waals surface area contributed by atoms with Gasteiger partial charge in [0.15, 0.2) is 5.82 Å². The summed E-state index contributed by atoms with van der Waals surface area (Å²) in [7, 11) is 0. The molecule has 0 fully saturated rings. The molecule has 0 bridgehead atoms. The first-order valence-corrected chi connectivity index (χ1v) is 4.07. The third-order valence-corrected chi connectivity index (χ3v) is 1.74. The van der Waals surface area contributed by atoms with Gasteiger partial charge in [-0.1, -0.05) is 11.2 Å². The number of rotatable bonds is 2. The summed E-state index contributed by atoms with van der Waals surface area (Å²) >= 11 is 0. The Morgan fingerprint density at radius 2 is 2.29 bits per heavy atom. The Morgan fingerprint density at radius 1 is 1.43 bits per heavy atom. The van der Waals surface area contributed by atoms with E-state index in [1.807, 2.05) is 6.07 Å². The Labute approximate surface area is 80.4 Å². The van der Waals surface area contributed by atoms with Gasteiger partial charge in [0.2, 0.25) is 0 Å². The third kappa shape index (κ3) is 1.57. The average molecular weight is 191 g/mol. The standard InChI is InChI=1S/C9H9N3O2/c1-6-11-9(14-12-6)7-3-2-4-8(5-7)13-10/h2-5H,10H2,1H3. The molecule has 2 N–H and O–H groups in total. The molecule has 5 nitrogen and oxygen atoms in total. The zero-order chi connectivity index (χ0) is 9.97. The minimum absolute atomic E-state index is 0.460. The Morgan fingerprint density at radius 3 is 2.93 bits per heavy atom. The minimum atomic E-state index is 0.460. The molecule has 0 amide bonds. The van der Waals surface area contributed by atoms with Gasteiger partial charge in [-0.2, -0.15) is 10.9 Å². The summed E-state index contributed by atoms with van der Waals surface area (Å²) in [6.07, 6.45) is 0. The molecule has 1 aromatic heterocycles. The lowest BCUT2D eigenvalue weighted by molar-refractivity contribution is 0.334. The molecule has 14 heavy (non-hydrogen) atoms. The summed E-state index contributed by atoms with van der Waals surface area (Å²) < 4.78 is 4.99. The first kappa shape index (κ1) is 8.71. The van der Waals surface area contributed by atoms with E-state index in [0.717, 1.165) is 5.56 Å². The maximum Gasteiger partial charge on any atom is 0.258 e. The van der Waals surface area contributed by atoms with Crippen LogP contribution in [-0.2, 0) is 0 Å². The van der Waals surface area contributed by atoms with E-state index in [0.29, 0.717) is 17.5 Å². The lowest BCUT2D eigenvalue weighted by atomic mass is 10.2. The van der Waals surface area contributed by atoms with Crippen molar-refractivity contribution < 1.29 is 9.36 Å². The molecule has 1 heterocycles. The van der Waals surface area contributed by atoms with Gasteiger partial charge in [-0.15, -0.1) is 0 Å². The molecule has 72 valence electrons. The van der Waals surface area contributed by atoms with E-state index in [9.17, 15) is 0 Å². The monoisotopic (exact) mass is 191 g/mol. The highest BCUT2D eigenvalue weighted by atomic mass is 16.6.